The molecule has 0 bridgehead atoms. The molecule has 0 aromatic rings. The third-order valence-corrected chi connectivity index (χ3v) is 2.33. The number of rotatable bonds is 2. The summed E-state index contributed by atoms with van der Waals surface area (Å²) in [6, 6.07) is 0. The minimum Gasteiger partial charge on any atom is -0.480 e. The topological polar surface area (TPSA) is 83.6 Å². The quantitative estimate of drug-likeness (QED) is 0.556. The molecule has 0 radical (unpaired) electrons. The molecule has 3 N–H and O–H groups in total. The number of carboxylic acid groups (broad SMARTS) is 1. The first-order chi connectivity index (χ1) is 6.49. The van der Waals surface area contributed by atoms with Crippen molar-refractivity contribution < 1.29 is 14.7 Å². The molecular formula is C9H12N2O3. The number of nitrogens with zero attached hydrogens (tertiary/aromatic N) is 1. The molecule has 0 saturated carbocycles. The van der Waals surface area contributed by atoms with E-state index in [1.807, 2.05) is 0 Å². The lowest BCUT2D eigenvalue weighted by atomic mass is 10.0. The molecule has 0 aromatic carbocycles. The molecule has 1 saturated heterocycles. The van der Waals surface area contributed by atoms with E-state index in [4.69, 9.17) is 17.3 Å². The Labute approximate surface area is 81.9 Å². The van der Waals surface area contributed by atoms with Crippen LogP contribution in [0.2, 0.25) is 0 Å². The fraction of sp³-hybridized carbons (Fsp3) is 0.556. The van der Waals surface area contributed by atoms with E-state index in [0.717, 1.165) is 0 Å². The molecule has 1 aliphatic rings. The zero-order chi connectivity index (χ0) is 10.8. The van der Waals surface area contributed by atoms with Crippen molar-refractivity contribution in [2.75, 3.05) is 13.1 Å². The summed E-state index contributed by atoms with van der Waals surface area (Å²) in [5.74, 6) is 0.911. The molecule has 5 heteroatoms. The predicted octanol–water partition coefficient (Wildman–Crippen LogP) is -0.976. The third kappa shape index (κ3) is 1.86. The van der Waals surface area contributed by atoms with Crippen molar-refractivity contribution in [3.8, 4) is 12.3 Å². The van der Waals surface area contributed by atoms with Crippen LogP contribution < -0.4 is 5.73 Å². The van der Waals surface area contributed by atoms with E-state index in [0.29, 0.717) is 6.54 Å². The van der Waals surface area contributed by atoms with E-state index >= 15 is 0 Å². The molecule has 1 atom stereocenters. The van der Waals surface area contributed by atoms with Gasteiger partial charge in [-0.3, -0.25) is 9.59 Å². The van der Waals surface area contributed by atoms with Gasteiger partial charge >= 0.3 is 5.97 Å². The van der Waals surface area contributed by atoms with Crippen LogP contribution in [-0.4, -0.2) is 40.5 Å². The summed E-state index contributed by atoms with van der Waals surface area (Å²) in [5.41, 5.74) is 4.28. The second-order valence-corrected chi connectivity index (χ2v) is 3.41. The van der Waals surface area contributed by atoms with E-state index in [1.54, 1.807) is 0 Å². The molecule has 76 valence electrons. The van der Waals surface area contributed by atoms with Crippen LogP contribution in [0.4, 0.5) is 0 Å². The fourth-order valence-electron chi connectivity index (χ4n) is 1.42. The van der Waals surface area contributed by atoms with Gasteiger partial charge in [-0.1, -0.05) is 5.92 Å². The van der Waals surface area contributed by atoms with Gasteiger partial charge in [-0.15, -0.1) is 6.42 Å². The Bertz CT molecular complexity index is 308. The van der Waals surface area contributed by atoms with Crippen LogP contribution in [0.25, 0.3) is 0 Å². The van der Waals surface area contributed by atoms with Crippen LogP contribution >= 0.6 is 0 Å². The predicted molar refractivity (Wildman–Crippen MR) is 49.2 cm³/mol. The standard InChI is InChI=1S/C9H12N2O3/c1-2-3-7(12)11-5-4-9(10,6-11)8(13)14/h1H,3-6,10H2,(H,13,14). The van der Waals surface area contributed by atoms with Gasteiger partial charge in [-0.2, -0.15) is 0 Å². The molecule has 0 aliphatic carbocycles. The zero-order valence-corrected chi connectivity index (χ0v) is 7.69. The van der Waals surface area contributed by atoms with E-state index in [9.17, 15) is 9.59 Å². The molecule has 1 unspecified atom stereocenters. The maximum Gasteiger partial charge on any atom is 0.325 e. The van der Waals surface area contributed by atoms with Crippen molar-refractivity contribution in [2.24, 2.45) is 5.73 Å². The van der Waals surface area contributed by atoms with Gasteiger partial charge in [0.2, 0.25) is 5.91 Å². The highest BCUT2D eigenvalue weighted by molar-refractivity contribution is 5.83. The first-order valence-corrected chi connectivity index (χ1v) is 4.23. The number of likely N-dealkylation sites (tertiary alicyclic amines) is 1. The van der Waals surface area contributed by atoms with Crippen molar-refractivity contribution in [2.45, 2.75) is 18.4 Å². The van der Waals surface area contributed by atoms with E-state index in [-0.39, 0.29) is 25.3 Å². The average Bonchev–Trinajstić information content (AvgIpc) is 2.50. The molecular weight excluding hydrogens is 184 g/mol. The minimum absolute atomic E-state index is 0.00427. The average molecular weight is 196 g/mol. The van der Waals surface area contributed by atoms with Crippen molar-refractivity contribution in [1.29, 1.82) is 0 Å². The largest absolute Gasteiger partial charge is 0.480 e. The van der Waals surface area contributed by atoms with Gasteiger partial charge in [0.1, 0.15) is 5.54 Å². The molecule has 14 heavy (non-hydrogen) atoms. The summed E-state index contributed by atoms with van der Waals surface area (Å²) in [5, 5.41) is 8.80. The van der Waals surface area contributed by atoms with Crippen molar-refractivity contribution in [3.05, 3.63) is 0 Å². The van der Waals surface area contributed by atoms with Crippen molar-refractivity contribution in [1.82, 2.24) is 4.90 Å². The molecule has 1 aliphatic heterocycles. The first-order valence-electron chi connectivity index (χ1n) is 4.23. The lowest BCUT2D eigenvalue weighted by Crippen LogP contribution is -2.50. The molecule has 1 fully saturated rings. The smallest absolute Gasteiger partial charge is 0.325 e. The Hall–Kier alpha value is -1.54. The first kappa shape index (κ1) is 10.5. The highest BCUT2D eigenvalue weighted by Gasteiger charge is 2.42. The van der Waals surface area contributed by atoms with Gasteiger partial charge in [0.25, 0.3) is 0 Å². The van der Waals surface area contributed by atoms with Gasteiger partial charge in [0, 0.05) is 13.1 Å². The van der Waals surface area contributed by atoms with Crippen LogP contribution in [0.15, 0.2) is 0 Å². The molecule has 1 rings (SSSR count). The van der Waals surface area contributed by atoms with Crippen LogP contribution in [0.1, 0.15) is 12.8 Å². The highest BCUT2D eigenvalue weighted by Crippen LogP contribution is 2.19. The monoisotopic (exact) mass is 196 g/mol. The Morgan fingerprint density at radius 1 is 1.64 bits per heavy atom. The van der Waals surface area contributed by atoms with E-state index in [1.165, 1.54) is 4.90 Å². The lowest BCUT2D eigenvalue weighted by molar-refractivity contribution is -0.143. The summed E-state index contributed by atoms with van der Waals surface area (Å²) in [6.07, 6.45) is 5.25. The maximum atomic E-state index is 11.3. The molecule has 1 heterocycles. The second kappa shape index (κ2) is 3.68. The van der Waals surface area contributed by atoms with Gasteiger partial charge in [-0.25, -0.2) is 0 Å². The van der Waals surface area contributed by atoms with Gasteiger partial charge in [0.15, 0.2) is 0 Å². The maximum absolute atomic E-state index is 11.3. The van der Waals surface area contributed by atoms with Crippen LogP contribution in [0, 0.1) is 12.3 Å². The summed E-state index contributed by atoms with van der Waals surface area (Å²) >= 11 is 0. The minimum atomic E-state index is -1.30. The molecule has 1 amide bonds. The molecule has 5 nitrogen and oxygen atoms in total. The number of amides is 1. The van der Waals surface area contributed by atoms with Crippen molar-refractivity contribution >= 4 is 11.9 Å². The normalized spacial score (nSPS) is 25.9. The Kier molecular flexibility index (Phi) is 2.77. The number of carbonyl (C=O) groups excluding carboxylic acids is 1. The summed E-state index contributed by atoms with van der Waals surface area (Å²) in [4.78, 5) is 23.4. The summed E-state index contributed by atoms with van der Waals surface area (Å²) in [6.45, 7) is 0.409. The van der Waals surface area contributed by atoms with Crippen LogP contribution in [0.5, 0.6) is 0 Å². The molecule has 0 spiro atoms. The number of hydrogen-bond acceptors (Lipinski definition) is 3. The molecule has 0 aromatic heterocycles. The van der Waals surface area contributed by atoms with E-state index in [2.05, 4.69) is 5.92 Å². The van der Waals surface area contributed by atoms with Crippen LogP contribution in [-0.2, 0) is 9.59 Å². The summed E-state index contributed by atoms with van der Waals surface area (Å²) in [7, 11) is 0. The number of carboxylic acids is 1. The number of terminal acetylenes is 1. The fourth-order valence-corrected chi connectivity index (χ4v) is 1.42. The summed E-state index contributed by atoms with van der Waals surface area (Å²) < 4.78 is 0. The number of aliphatic carboxylic acids is 1. The van der Waals surface area contributed by atoms with E-state index < -0.39 is 11.5 Å². The Morgan fingerprint density at radius 2 is 2.29 bits per heavy atom. The van der Waals surface area contributed by atoms with Crippen LogP contribution in [0.3, 0.4) is 0 Å². The van der Waals surface area contributed by atoms with Gasteiger partial charge in [0.05, 0.1) is 6.42 Å². The van der Waals surface area contributed by atoms with Gasteiger partial charge in [-0.05, 0) is 6.42 Å². The zero-order valence-electron chi connectivity index (χ0n) is 7.69. The number of nitrogens with two attached hydrogens (primary N) is 1. The van der Waals surface area contributed by atoms with Gasteiger partial charge < -0.3 is 15.7 Å². The Morgan fingerprint density at radius 3 is 2.71 bits per heavy atom. The Balaban J connectivity index is 2.62. The second-order valence-electron chi connectivity index (χ2n) is 3.41. The number of carbonyl (C=O) groups is 2. The number of hydrogen-bond donors (Lipinski definition) is 2. The SMILES string of the molecule is C#CCC(=O)N1CCC(N)(C(=O)O)C1. The lowest BCUT2D eigenvalue weighted by Gasteiger charge is -2.19. The third-order valence-electron chi connectivity index (χ3n) is 2.33. The van der Waals surface area contributed by atoms with Crippen molar-refractivity contribution in [3.63, 3.8) is 0 Å². The highest BCUT2D eigenvalue weighted by atomic mass is 16.4.